The van der Waals surface area contributed by atoms with Gasteiger partial charge in [0.2, 0.25) is 5.91 Å². The second-order valence-corrected chi connectivity index (χ2v) is 7.67. The number of piperazine rings is 1. The van der Waals surface area contributed by atoms with Crippen LogP contribution >= 0.6 is 0 Å². The molecule has 2 amide bonds. The molecule has 0 saturated carbocycles. The number of aromatic nitrogens is 1. The van der Waals surface area contributed by atoms with Gasteiger partial charge in [-0.3, -0.25) is 14.5 Å². The first kappa shape index (κ1) is 18.9. The molecule has 0 aromatic carbocycles. The van der Waals surface area contributed by atoms with Gasteiger partial charge in [-0.25, -0.2) is 0 Å². The van der Waals surface area contributed by atoms with Crippen molar-refractivity contribution < 1.29 is 14.1 Å². The third kappa shape index (κ3) is 4.09. The second-order valence-electron chi connectivity index (χ2n) is 7.67. The molecular weight excluding hydrogens is 332 g/mol. The van der Waals surface area contributed by atoms with Crippen LogP contribution in [0.5, 0.6) is 0 Å². The Kier molecular flexibility index (Phi) is 5.96. The molecule has 144 valence electrons. The van der Waals surface area contributed by atoms with E-state index in [-0.39, 0.29) is 17.7 Å². The van der Waals surface area contributed by atoms with E-state index >= 15 is 0 Å². The molecular formula is C19H30N4O3. The van der Waals surface area contributed by atoms with Crippen molar-refractivity contribution in [3.05, 3.63) is 17.0 Å². The van der Waals surface area contributed by atoms with Gasteiger partial charge in [-0.15, -0.1) is 0 Å². The molecule has 0 unspecified atom stereocenters. The summed E-state index contributed by atoms with van der Waals surface area (Å²) in [4.78, 5) is 31.3. The molecule has 2 saturated heterocycles. The van der Waals surface area contributed by atoms with Crippen LogP contribution in [0.15, 0.2) is 4.52 Å². The molecule has 7 heteroatoms. The number of hydrogen-bond donors (Lipinski definition) is 0. The molecule has 2 fully saturated rings. The highest BCUT2D eigenvalue weighted by Crippen LogP contribution is 2.24. The van der Waals surface area contributed by atoms with Gasteiger partial charge in [0.1, 0.15) is 5.56 Å². The maximum Gasteiger partial charge on any atom is 0.259 e. The summed E-state index contributed by atoms with van der Waals surface area (Å²) in [5.41, 5.74) is 1.26. The van der Waals surface area contributed by atoms with Gasteiger partial charge in [-0.05, 0) is 26.2 Å². The van der Waals surface area contributed by atoms with E-state index in [9.17, 15) is 9.59 Å². The molecule has 2 aliphatic rings. The molecule has 0 N–H and O–H groups in total. The first-order valence-electron chi connectivity index (χ1n) is 9.73. The van der Waals surface area contributed by atoms with Crippen LogP contribution in [-0.2, 0) is 4.79 Å². The monoisotopic (exact) mass is 362 g/mol. The van der Waals surface area contributed by atoms with E-state index in [1.807, 2.05) is 30.6 Å². The van der Waals surface area contributed by atoms with E-state index < -0.39 is 0 Å². The summed E-state index contributed by atoms with van der Waals surface area (Å²) in [5.74, 6) is 1.00. The highest BCUT2D eigenvalue weighted by Gasteiger charge is 2.30. The molecule has 3 heterocycles. The topological polar surface area (TPSA) is 69.9 Å². The van der Waals surface area contributed by atoms with Gasteiger partial charge < -0.3 is 14.3 Å². The first-order chi connectivity index (χ1) is 12.5. The van der Waals surface area contributed by atoms with E-state index in [1.54, 1.807) is 0 Å². The number of piperidine rings is 1. The zero-order valence-electron chi connectivity index (χ0n) is 16.2. The molecule has 0 atom stereocenters. The van der Waals surface area contributed by atoms with Gasteiger partial charge in [0.25, 0.3) is 5.91 Å². The van der Waals surface area contributed by atoms with Crippen molar-refractivity contribution in [2.24, 2.45) is 0 Å². The fraction of sp³-hybridized carbons (Fsp3) is 0.737. The van der Waals surface area contributed by atoms with Gasteiger partial charge >= 0.3 is 0 Å². The van der Waals surface area contributed by atoms with E-state index in [0.29, 0.717) is 36.7 Å². The van der Waals surface area contributed by atoms with E-state index in [4.69, 9.17) is 4.52 Å². The molecule has 1 aromatic rings. The average Bonchev–Trinajstić information content (AvgIpc) is 3.04. The lowest BCUT2D eigenvalue weighted by Gasteiger charge is -2.36. The van der Waals surface area contributed by atoms with Crippen molar-refractivity contribution >= 4 is 11.8 Å². The third-order valence-corrected chi connectivity index (χ3v) is 5.35. The highest BCUT2D eigenvalue weighted by atomic mass is 16.5. The smallest absolute Gasteiger partial charge is 0.259 e. The van der Waals surface area contributed by atoms with Gasteiger partial charge in [0.05, 0.1) is 12.2 Å². The third-order valence-electron chi connectivity index (χ3n) is 5.35. The minimum Gasteiger partial charge on any atom is -0.360 e. The molecule has 2 aliphatic heterocycles. The van der Waals surface area contributed by atoms with Crippen molar-refractivity contribution in [3.63, 3.8) is 0 Å². The zero-order chi connectivity index (χ0) is 18.7. The lowest BCUT2D eigenvalue weighted by Crippen LogP contribution is -2.52. The summed E-state index contributed by atoms with van der Waals surface area (Å²) in [6.07, 6.45) is 3.46. The standard InChI is InChI=1S/C19H30N4O3/c1-14(2)18-17(15(3)20-26-18)19(25)23-11-9-21(10-12-23)13-16(24)22-7-5-4-6-8-22/h14H,4-13H2,1-3H3. The Morgan fingerprint density at radius 3 is 2.27 bits per heavy atom. The largest absolute Gasteiger partial charge is 0.360 e. The number of aryl methyl sites for hydroxylation is 1. The van der Waals surface area contributed by atoms with Crippen LogP contribution in [0, 0.1) is 6.92 Å². The molecule has 1 aromatic heterocycles. The Morgan fingerprint density at radius 1 is 1.00 bits per heavy atom. The van der Waals surface area contributed by atoms with E-state index in [1.165, 1.54) is 6.42 Å². The number of nitrogens with zero attached hydrogens (tertiary/aromatic N) is 4. The Labute approximate surface area is 155 Å². The first-order valence-corrected chi connectivity index (χ1v) is 9.73. The number of amides is 2. The van der Waals surface area contributed by atoms with Gasteiger partial charge in [-0.1, -0.05) is 19.0 Å². The van der Waals surface area contributed by atoms with Crippen molar-refractivity contribution in [3.8, 4) is 0 Å². The van der Waals surface area contributed by atoms with Crippen LogP contribution < -0.4 is 0 Å². The minimum absolute atomic E-state index is 0.00513. The summed E-state index contributed by atoms with van der Waals surface area (Å²) < 4.78 is 5.35. The van der Waals surface area contributed by atoms with Crippen molar-refractivity contribution in [1.82, 2.24) is 19.9 Å². The maximum atomic E-state index is 12.9. The van der Waals surface area contributed by atoms with Crippen LogP contribution in [0.3, 0.4) is 0 Å². The second kappa shape index (κ2) is 8.20. The number of hydrogen-bond acceptors (Lipinski definition) is 5. The predicted molar refractivity (Wildman–Crippen MR) is 98.1 cm³/mol. The maximum absolute atomic E-state index is 12.9. The van der Waals surface area contributed by atoms with Crippen LogP contribution in [0.4, 0.5) is 0 Å². The SMILES string of the molecule is Cc1noc(C(C)C)c1C(=O)N1CCN(CC(=O)N2CCCCC2)CC1. The predicted octanol–water partition coefficient (Wildman–Crippen LogP) is 1.88. The minimum atomic E-state index is -0.00513. The number of likely N-dealkylation sites (tertiary alicyclic amines) is 1. The Morgan fingerprint density at radius 2 is 1.65 bits per heavy atom. The number of carbonyl (C=O) groups excluding carboxylic acids is 2. The van der Waals surface area contributed by atoms with Crippen molar-refractivity contribution in [2.75, 3.05) is 45.8 Å². The molecule has 7 nitrogen and oxygen atoms in total. The zero-order valence-corrected chi connectivity index (χ0v) is 16.2. The van der Waals surface area contributed by atoms with Gasteiger partial charge in [-0.2, -0.15) is 0 Å². The van der Waals surface area contributed by atoms with E-state index in [0.717, 1.165) is 39.0 Å². The molecule has 3 rings (SSSR count). The van der Waals surface area contributed by atoms with Crippen LogP contribution in [-0.4, -0.2) is 77.5 Å². The van der Waals surface area contributed by atoms with E-state index in [2.05, 4.69) is 10.1 Å². The molecule has 26 heavy (non-hydrogen) atoms. The van der Waals surface area contributed by atoms with Crippen molar-refractivity contribution in [2.45, 2.75) is 46.0 Å². The normalized spacial score (nSPS) is 19.2. The quantitative estimate of drug-likeness (QED) is 0.818. The fourth-order valence-electron chi connectivity index (χ4n) is 3.74. The molecule has 0 aliphatic carbocycles. The summed E-state index contributed by atoms with van der Waals surface area (Å²) in [7, 11) is 0. The van der Waals surface area contributed by atoms with Crippen molar-refractivity contribution in [1.29, 1.82) is 0 Å². The highest BCUT2D eigenvalue weighted by molar-refractivity contribution is 5.96. The summed E-state index contributed by atoms with van der Waals surface area (Å²) >= 11 is 0. The Bertz CT molecular complexity index is 641. The summed E-state index contributed by atoms with van der Waals surface area (Å²) in [6, 6.07) is 0. The Hall–Kier alpha value is -1.89. The molecule has 0 radical (unpaired) electrons. The van der Waals surface area contributed by atoms with Gasteiger partial charge in [0.15, 0.2) is 5.76 Å². The summed E-state index contributed by atoms with van der Waals surface area (Å²) in [6.45, 7) is 10.8. The lowest BCUT2D eigenvalue weighted by molar-refractivity contribution is -0.133. The molecule has 0 bridgehead atoms. The molecule has 0 spiro atoms. The Balaban J connectivity index is 1.54. The summed E-state index contributed by atoms with van der Waals surface area (Å²) in [5, 5.41) is 3.98. The number of carbonyl (C=O) groups is 2. The van der Waals surface area contributed by atoms with Crippen LogP contribution in [0.1, 0.15) is 60.8 Å². The van der Waals surface area contributed by atoms with Gasteiger partial charge in [0, 0.05) is 45.2 Å². The lowest BCUT2D eigenvalue weighted by atomic mass is 10.0. The average molecular weight is 362 g/mol. The number of rotatable bonds is 4. The van der Waals surface area contributed by atoms with Crippen LogP contribution in [0.2, 0.25) is 0 Å². The van der Waals surface area contributed by atoms with Crippen LogP contribution in [0.25, 0.3) is 0 Å². The fourth-order valence-corrected chi connectivity index (χ4v) is 3.74.